The number of amides is 1. The van der Waals surface area contributed by atoms with Gasteiger partial charge in [0.2, 0.25) is 5.91 Å². The first-order chi connectivity index (χ1) is 32.2. The molecule has 15 nitrogen and oxygen atoms in total. The van der Waals surface area contributed by atoms with Crippen LogP contribution < -0.4 is 5.32 Å². The lowest BCUT2D eigenvalue weighted by Gasteiger charge is -2.45. The van der Waals surface area contributed by atoms with E-state index >= 15 is 0 Å². The van der Waals surface area contributed by atoms with Crippen LogP contribution in [0.2, 0.25) is 0 Å². The number of methoxy groups -OCH3 is 1. The molecule has 0 aromatic carbocycles. The number of hydrogen-bond donors (Lipinski definition) is 5. The van der Waals surface area contributed by atoms with Gasteiger partial charge in [0.15, 0.2) is 6.10 Å². The molecule has 0 saturated carbocycles. The molecule has 0 aromatic rings. The maximum Gasteiger partial charge on any atom is 0.470 e. The molecule has 0 unspecified atom stereocenters. The van der Waals surface area contributed by atoms with Crippen LogP contribution in [0.15, 0.2) is 0 Å². The average Bonchev–Trinajstić information content (AvgIpc) is 3.26. The summed E-state index contributed by atoms with van der Waals surface area (Å²) in [6, 6.07) is -1.46. The van der Waals surface area contributed by atoms with E-state index in [9.17, 15) is 43.7 Å². The van der Waals surface area contributed by atoms with Crippen LogP contribution in [0.5, 0.6) is 0 Å². The number of phosphoric ester groups is 1. The summed E-state index contributed by atoms with van der Waals surface area (Å²) in [5.74, 6) is -3.33. The van der Waals surface area contributed by atoms with E-state index < -0.39 is 87.1 Å². The largest absolute Gasteiger partial charge is 0.481 e. The lowest BCUT2D eigenvalue weighted by atomic mass is 9.90. The number of esters is 2. The van der Waals surface area contributed by atoms with E-state index in [0.717, 1.165) is 64.2 Å². The number of aliphatic carboxylic acids is 1. The highest BCUT2D eigenvalue weighted by Crippen LogP contribution is 2.42. The summed E-state index contributed by atoms with van der Waals surface area (Å²) in [5, 5.41) is 23.4. The van der Waals surface area contributed by atoms with Crippen molar-refractivity contribution in [3.63, 3.8) is 0 Å². The van der Waals surface area contributed by atoms with Crippen LogP contribution in [-0.4, -0.2) is 100 Å². The van der Waals surface area contributed by atoms with E-state index in [4.69, 9.17) is 23.5 Å². The van der Waals surface area contributed by atoms with Crippen LogP contribution in [0.4, 0.5) is 0 Å². The first-order valence-electron chi connectivity index (χ1n) is 26.7. The lowest BCUT2D eigenvalue weighted by molar-refractivity contribution is -0.212. The Hall–Kier alpha value is -2.13. The zero-order valence-electron chi connectivity index (χ0n) is 42.3. The van der Waals surface area contributed by atoms with Crippen molar-refractivity contribution >= 4 is 31.6 Å². The molecule has 1 heterocycles. The van der Waals surface area contributed by atoms with E-state index in [2.05, 4.69) is 26.1 Å². The molecule has 0 bridgehead atoms. The van der Waals surface area contributed by atoms with Gasteiger partial charge in [0, 0.05) is 13.5 Å². The van der Waals surface area contributed by atoms with Gasteiger partial charge in [-0.05, 0) is 25.7 Å². The van der Waals surface area contributed by atoms with Crippen LogP contribution in [0.3, 0.4) is 0 Å². The SMILES string of the molecule is CCCCCCCCCCCCCC(=O)O[C@H](CCCCCCCCCCC)CC(=O)O[C@@H]1[C@@H](NC(=O)C[C@H](O)CCCCCCCCCCC)[C@@H](CC(=O)O)O[C@H](COC)[C@H]1OP(=O)(O)O. The van der Waals surface area contributed by atoms with E-state index in [1.165, 1.54) is 110 Å². The van der Waals surface area contributed by atoms with Crippen LogP contribution >= 0.6 is 7.82 Å². The number of rotatable bonds is 45. The second-order valence-electron chi connectivity index (χ2n) is 19.1. The van der Waals surface area contributed by atoms with E-state index in [-0.39, 0.29) is 19.4 Å². The molecule has 0 aromatic heterocycles. The number of hydrogen-bond acceptors (Lipinski definition) is 11. The zero-order chi connectivity index (χ0) is 49.5. The molecular weight excluding hydrogens is 882 g/mol. The first-order valence-corrected chi connectivity index (χ1v) is 28.2. The van der Waals surface area contributed by atoms with E-state index in [1.807, 2.05) is 0 Å². The number of nitrogens with one attached hydrogen (secondary N) is 1. The summed E-state index contributed by atoms with van der Waals surface area (Å²) in [6.07, 6.45) is 23.5. The molecule has 67 heavy (non-hydrogen) atoms. The van der Waals surface area contributed by atoms with Gasteiger partial charge >= 0.3 is 25.7 Å². The predicted molar refractivity (Wildman–Crippen MR) is 261 cm³/mol. The van der Waals surface area contributed by atoms with Crippen molar-refractivity contribution in [2.75, 3.05) is 13.7 Å². The Morgan fingerprint density at radius 2 is 1.04 bits per heavy atom. The van der Waals surface area contributed by atoms with Crippen LogP contribution in [0.25, 0.3) is 0 Å². The molecule has 0 radical (unpaired) electrons. The summed E-state index contributed by atoms with van der Waals surface area (Å²) in [4.78, 5) is 72.9. The monoisotopic (exact) mass is 978 g/mol. The molecule has 394 valence electrons. The molecule has 7 atom stereocenters. The lowest BCUT2D eigenvalue weighted by Crippen LogP contribution is -2.66. The number of unbranched alkanes of at least 4 members (excludes halogenated alkanes) is 26. The van der Waals surface area contributed by atoms with Crippen LogP contribution in [0.1, 0.15) is 245 Å². The molecule has 1 amide bonds. The Balaban J connectivity index is 3.15. The van der Waals surface area contributed by atoms with Crippen molar-refractivity contribution < 1.29 is 67.2 Å². The summed E-state index contributed by atoms with van der Waals surface area (Å²) < 4.78 is 40.7. The summed E-state index contributed by atoms with van der Waals surface area (Å²) in [5.41, 5.74) is 0. The van der Waals surface area contributed by atoms with Crippen molar-refractivity contribution in [2.24, 2.45) is 0 Å². The minimum absolute atomic E-state index is 0.202. The second kappa shape index (κ2) is 40.6. The van der Waals surface area contributed by atoms with Gasteiger partial charge in [-0.15, -0.1) is 0 Å². The summed E-state index contributed by atoms with van der Waals surface area (Å²) in [7, 11) is -4.01. The predicted octanol–water partition coefficient (Wildman–Crippen LogP) is 11.3. The van der Waals surface area contributed by atoms with Crippen molar-refractivity contribution in [3.05, 3.63) is 0 Å². The Morgan fingerprint density at radius 1 is 0.597 bits per heavy atom. The van der Waals surface area contributed by atoms with Gasteiger partial charge in [-0.3, -0.25) is 23.7 Å². The molecule has 0 aliphatic carbocycles. The Labute approximate surface area is 404 Å². The van der Waals surface area contributed by atoms with E-state index in [0.29, 0.717) is 32.1 Å². The Morgan fingerprint density at radius 3 is 1.49 bits per heavy atom. The zero-order valence-corrected chi connectivity index (χ0v) is 43.2. The number of aliphatic hydroxyl groups excluding tert-OH is 1. The van der Waals surface area contributed by atoms with Gasteiger partial charge in [0.1, 0.15) is 18.3 Å². The van der Waals surface area contributed by atoms with Gasteiger partial charge in [-0.1, -0.05) is 194 Å². The molecule has 0 spiro atoms. The highest BCUT2D eigenvalue weighted by atomic mass is 31.2. The highest BCUT2D eigenvalue weighted by Gasteiger charge is 2.52. The molecule has 5 N–H and O–H groups in total. The third kappa shape index (κ3) is 33.9. The smallest absolute Gasteiger partial charge is 0.470 e. The quantitative estimate of drug-likeness (QED) is 0.0217. The van der Waals surface area contributed by atoms with Crippen molar-refractivity contribution in [1.29, 1.82) is 0 Å². The number of carboxylic acids is 1. The van der Waals surface area contributed by atoms with Gasteiger partial charge in [-0.2, -0.15) is 0 Å². The van der Waals surface area contributed by atoms with Gasteiger partial charge < -0.3 is 44.3 Å². The normalized spacial score (nSPS) is 19.5. The van der Waals surface area contributed by atoms with Crippen LogP contribution in [-0.2, 0) is 47.2 Å². The summed E-state index contributed by atoms with van der Waals surface area (Å²) >= 11 is 0. The topological polar surface area (TPSA) is 224 Å². The number of aliphatic hydroxyl groups is 1. The van der Waals surface area contributed by atoms with Gasteiger partial charge in [0.05, 0.1) is 44.1 Å². The maximum absolute atomic E-state index is 14.0. The second-order valence-corrected chi connectivity index (χ2v) is 20.3. The van der Waals surface area contributed by atoms with Crippen molar-refractivity contribution in [1.82, 2.24) is 5.32 Å². The van der Waals surface area contributed by atoms with Crippen molar-refractivity contribution in [3.8, 4) is 0 Å². The number of carbonyl (C=O) groups is 4. The van der Waals surface area contributed by atoms with Crippen LogP contribution in [0, 0.1) is 0 Å². The molecule has 16 heteroatoms. The minimum Gasteiger partial charge on any atom is -0.481 e. The van der Waals surface area contributed by atoms with Gasteiger partial charge in [0.25, 0.3) is 0 Å². The molecule has 1 aliphatic rings. The molecular formula is C51H96NO14P. The summed E-state index contributed by atoms with van der Waals surface area (Å²) in [6.45, 7) is 6.26. The fourth-order valence-corrected chi connectivity index (χ4v) is 9.54. The highest BCUT2D eigenvalue weighted by molar-refractivity contribution is 7.46. The number of carbonyl (C=O) groups excluding carboxylic acids is 3. The van der Waals surface area contributed by atoms with E-state index in [1.54, 1.807) is 0 Å². The standard InChI is InChI=1S/C51H96NO14P/c1-5-8-11-14-17-20-21-24-27-30-33-36-47(57)63-42(35-32-29-26-23-19-16-13-10-7-3)38-48(58)65-51-49(43(39-46(55)56)64-44(40-62-4)50(51)66-67(59,60)61)52-45(54)37-41(53)34-31-28-25-22-18-15-12-9-6-2/h41-44,49-51,53H,5-40H2,1-4H3,(H,52,54)(H,55,56)(H2,59,60,61)/t41-,42-,43-,44-,49+,50-,51-/m1/s1. The minimum atomic E-state index is -5.31. The maximum atomic E-state index is 14.0. The molecule has 1 aliphatic heterocycles. The Kier molecular flexibility index (Phi) is 38.1. The molecule has 1 saturated heterocycles. The number of ether oxygens (including phenoxy) is 4. The average molecular weight is 978 g/mol. The number of carboxylic acid groups (broad SMARTS) is 1. The fraction of sp³-hybridized carbons (Fsp3) is 0.922. The first kappa shape index (κ1) is 62.9. The molecule has 1 fully saturated rings. The van der Waals surface area contributed by atoms with Crippen molar-refractivity contribution in [2.45, 2.75) is 288 Å². The Bertz CT molecular complexity index is 1320. The number of phosphoric acid groups is 1. The fourth-order valence-electron chi connectivity index (χ4n) is 8.96. The third-order valence-electron chi connectivity index (χ3n) is 12.7. The van der Waals surface area contributed by atoms with Gasteiger partial charge in [-0.25, -0.2) is 4.57 Å². The third-order valence-corrected chi connectivity index (χ3v) is 13.2. The molecule has 1 rings (SSSR count).